The summed E-state index contributed by atoms with van der Waals surface area (Å²) in [5.41, 5.74) is 1.66. The summed E-state index contributed by atoms with van der Waals surface area (Å²) in [5, 5.41) is 16.3. The van der Waals surface area contributed by atoms with Crippen LogP contribution in [0.4, 0.5) is 10.5 Å². The molecule has 26 heavy (non-hydrogen) atoms. The van der Waals surface area contributed by atoms with Crippen molar-refractivity contribution in [3.8, 4) is 0 Å². The van der Waals surface area contributed by atoms with Crippen molar-refractivity contribution in [1.29, 1.82) is 0 Å². The highest BCUT2D eigenvalue weighted by molar-refractivity contribution is 5.93. The Balaban J connectivity index is 1.62. The van der Waals surface area contributed by atoms with E-state index in [-0.39, 0.29) is 24.7 Å². The molecule has 2 amide bonds. The van der Waals surface area contributed by atoms with Crippen LogP contribution >= 0.6 is 0 Å². The number of benzene rings is 1. The molecule has 0 saturated carbocycles. The fourth-order valence-electron chi connectivity index (χ4n) is 3.61. The second-order valence-corrected chi connectivity index (χ2v) is 7.44. The second-order valence-electron chi connectivity index (χ2n) is 7.44. The first kappa shape index (κ1) is 19.1. The molecule has 1 aromatic rings. The average Bonchev–Trinajstić information content (AvgIpc) is 3.09. The zero-order chi connectivity index (χ0) is 18.7. The normalized spacial score (nSPS) is 28.2. The van der Waals surface area contributed by atoms with E-state index in [4.69, 9.17) is 4.74 Å². The summed E-state index contributed by atoms with van der Waals surface area (Å²) in [4.78, 5) is 15.7. The van der Waals surface area contributed by atoms with Crippen molar-refractivity contribution in [3.63, 3.8) is 0 Å². The van der Waals surface area contributed by atoms with Gasteiger partial charge in [0.2, 0.25) is 0 Å². The maximum atomic E-state index is 11.8. The number of rotatable bonds is 6. The maximum absolute atomic E-state index is 11.8. The summed E-state index contributed by atoms with van der Waals surface area (Å²) in [6.45, 7) is 7.52. The average molecular weight is 362 g/mol. The smallest absolute Gasteiger partial charge is 0.321 e. The first-order valence-electron chi connectivity index (χ1n) is 9.27. The number of carbonyl (C=O) groups is 1. The van der Waals surface area contributed by atoms with Crippen molar-refractivity contribution in [3.05, 3.63) is 29.8 Å². The minimum atomic E-state index is -0.403. The van der Waals surface area contributed by atoms with Crippen LogP contribution < -0.4 is 15.5 Å². The Bertz CT molecular complexity index is 624. The van der Waals surface area contributed by atoms with Gasteiger partial charge in [0.25, 0.3) is 0 Å². The molecule has 0 bridgehead atoms. The van der Waals surface area contributed by atoms with Crippen molar-refractivity contribution in [1.82, 2.24) is 15.5 Å². The van der Waals surface area contributed by atoms with Crippen LogP contribution in [0, 0.1) is 0 Å². The Morgan fingerprint density at radius 3 is 2.77 bits per heavy atom. The molecule has 2 aliphatic rings. The van der Waals surface area contributed by atoms with Crippen molar-refractivity contribution in [2.75, 3.05) is 51.4 Å². The van der Waals surface area contributed by atoms with E-state index in [0.29, 0.717) is 32.8 Å². The van der Waals surface area contributed by atoms with Gasteiger partial charge in [0.15, 0.2) is 0 Å². The van der Waals surface area contributed by atoms with E-state index in [1.54, 1.807) is 4.90 Å². The van der Waals surface area contributed by atoms with Crippen LogP contribution in [-0.2, 0) is 4.74 Å². The number of aliphatic hydroxyl groups is 1. The molecule has 144 valence electrons. The monoisotopic (exact) mass is 362 g/mol. The van der Waals surface area contributed by atoms with E-state index < -0.39 is 5.54 Å². The largest absolute Gasteiger partial charge is 0.394 e. The number of likely N-dealkylation sites (N-methyl/N-ethyl adjacent to an activating group) is 1. The van der Waals surface area contributed by atoms with Gasteiger partial charge >= 0.3 is 6.03 Å². The van der Waals surface area contributed by atoms with Crippen LogP contribution in [0.2, 0.25) is 0 Å². The third-order valence-electron chi connectivity index (χ3n) is 5.73. The van der Waals surface area contributed by atoms with Gasteiger partial charge < -0.3 is 20.5 Å². The van der Waals surface area contributed by atoms with Gasteiger partial charge in [-0.1, -0.05) is 12.1 Å². The highest BCUT2D eigenvalue weighted by Gasteiger charge is 2.40. The number of aliphatic hydroxyl groups excluding tert-OH is 1. The Hall–Kier alpha value is -1.67. The number of hydrogen-bond donors (Lipinski definition) is 3. The minimum Gasteiger partial charge on any atom is -0.394 e. The van der Waals surface area contributed by atoms with E-state index in [1.807, 2.05) is 31.3 Å². The fourth-order valence-corrected chi connectivity index (χ4v) is 3.61. The summed E-state index contributed by atoms with van der Waals surface area (Å²) >= 11 is 0. The van der Waals surface area contributed by atoms with Crippen LogP contribution in [0.5, 0.6) is 0 Å². The molecule has 3 rings (SSSR count). The lowest BCUT2D eigenvalue weighted by atomic mass is 9.95. The number of ether oxygens (including phenoxy) is 1. The van der Waals surface area contributed by atoms with Crippen LogP contribution in [0.25, 0.3) is 0 Å². The van der Waals surface area contributed by atoms with Crippen molar-refractivity contribution < 1.29 is 14.6 Å². The quantitative estimate of drug-likeness (QED) is 0.702. The Morgan fingerprint density at radius 1 is 1.42 bits per heavy atom. The van der Waals surface area contributed by atoms with Crippen LogP contribution in [-0.4, -0.2) is 74.1 Å². The van der Waals surface area contributed by atoms with E-state index in [1.165, 1.54) is 0 Å². The van der Waals surface area contributed by atoms with E-state index in [0.717, 1.165) is 11.3 Å². The predicted molar refractivity (Wildman–Crippen MR) is 101 cm³/mol. The number of nitrogens with zero attached hydrogens (tertiary/aromatic N) is 2. The molecule has 0 aromatic heterocycles. The molecule has 2 saturated heterocycles. The Labute approximate surface area is 155 Å². The van der Waals surface area contributed by atoms with Crippen LogP contribution in [0.15, 0.2) is 24.3 Å². The number of nitrogens with one attached hydrogen (secondary N) is 2. The lowest BCUT2D eigenvalue weighted by Gasteiger charge is -2.47. The molecule has 3 atom stereocenters. The minimum absolute atomic E-state index is 0.0386. The second kappa shape index (κ2) is 7.92. The topological polar surface area (TPSA) is 77.1 Å². The lowest BCUT2D eigenvalue weighted by Crippen LogP contribution is -2.65. The SMILES string of the molecule is CC(NC[C@]1(CO)COC[C@@H](C)N1C)c1ccc(N2CCNC2=O)cc1. The van der Waals surface area contributed by atoms with E-state index >= 15 is 0 Å². The summed E-state index contributed by atoms with van der Waals surface area (Å²) in [6, 6.07) is 8.44. The van der Waals surface area contributed by atoms with Gasteiger partial charge in [0.05, 0.1) is 25.4 Å². The molecule has 2 fully saturated rings. The maximum Gasteiger partial charge on any atom is 0.321 e. The molecule has 3 N–H and O–H groups in total. The Morgan fingerprint density at radius 2 is 2.15 bits per heavy atom. The van der Waals surface area contributed by atoms with Crippen molar-refractivity contribution in [2.24, 2.45) is 0 Å². The summed E-state index contributed by atoms with van der Waals surface area (Å²) in [6.07, 6.45) is 0. The summed E-state index contributed by atoms with van der Waals surface area (Å²) in [7, 11) is 2.05. The van der Waals surface area contributed by atoms with Crippen molar-refractivity contribution in [2.45, 2.75) is 31.5 Å². The molecule has 2 heterocycles. The van der Waals surface area contributed by atoms with Crippen LogP contribution in [0.3, 0.4) is 0 Å². The molecule has 1 unspecified atom stereocenters. The number of amides is 2. The van der Waals surface area contributed by atoms with Gasteiger partial charge in [-0.25, -0.2) is 4.79 Å². The Kier molecular flexibility index (Phi) is 5.82. The van der Waals surface area contributed by atoms with Crippen LogP contribution in [0.1, 0.15) is 25.5 Å². The molecule has 7 heteroatoms. The predicted octanol–water partition coefficient (Wildman–Crippen LogP) is 0.948. The molecule has 2 aliphatic heterocycles. The van der Waals surface area contributed by atoms with E-state index in [2.05, 4.69) is 29.4 Å². The lowest BCUT2D eigenvalue weighted by molar-refractivity contribution is -0.106. The molecule has 7 nitrogen and oxygen atoms in total. The molecule has 1 aromatic carbocycles. The highest BCUT2D eigenvalue weighted by atomic mass is 16.5. The summed E-state index contributed by atoms with van der Waals surface area (Å²) < 4.78 is 5.69. The molecule has 0 spiro atoms. The standard InChI is InChI=1S/C19H30N4O3/c1-14-10-26-13-19(12-24,22(14)3)11-21-15(2)16-4-6-17(7-5-16)23-9-8-20-18(23)25/h4-7,14-15,21,24H,8-13H2,1-3H3,(H,20,25)/t14-,15?,19+/m1/s1. The third kappa shape index (κ3) is 3.71. The number of anilines is 1. The molecule has 0 aliphatic carbocycles. The first-order valence-corrected chi connectivity index (χ1v) is 9.27. The van der Waals surface area contributed by atoms with E-state index in [9.17, 15) is 9.90 Å². The number of morpholine rings is 1. The fraction of sp³-hybridized carbons (Fsp3) is 0.632. The number of hydrogen-bond acceptors (Lipinski definition) is 5. The van der Waals surface area contributed by atoms with Crippen molar-refractivity contribution >= 4 is 11.7 Å². The van der Waals surface area contributed by atoms with Gasteiger partial charge in [0.1, 0.15) is 0 Å². The number of urea groups is 1. The van der Waals surface area contributed by atoms with Gasteiger partial charge in [-0.2, -0.15) is 0 Å². The van der Waals surface area contributed by atoms with Gasteiger partial charge in [-0.05, 0) is 38.6 Å². The first-order chi connectivity index (χ1) is 12.5. The molecular weight excluding hydrogens is 332 g/mol. The third-order valence-corrected chi connectivity index (χ3v) is 5.73. The molecular formula is C19H30N4O3. The van der Waals surface area contributed by atoms with Gasteiger partial charge in [0, 0.05) is 37.4 Å². The summed E-state index contributed by atoms with van der Waals surface area (Å²) in [5.74, 6) is 0. The zero-order valence-corrected chi connectivity index (χ0v) is 15.9. The zero-order valence-electron chi connectivity index (χ0n) is 15.9. The molecule has 0 radical (unpaired) electrons. The number of carbonyl (C=O) groups excluding carboxylic acids is 1. The van der Waals surface area contributed by atoms with Gasteiger partial charge in [-0.3, -0.25) is 9.80 Å². The van der Waals surface area contributed by atoms with Gasteiger partial charge in [-0.15, -0.1) is 0 Å². The highest BCUT2D eigenvalue weighted by Crippen LogP contribution is 2.24.